The fourth-order valence-corrected chi connectivity index (χ4v) is 6.45. The van der Waals surface area contributed by atoms with E-state index in [9.17, 15) is 24.3 Å². The minimum Gasteiger partial charge on any atom is -0.481 e. The third-order valence-electron chi connectivity index (χ3n) is 7.68. The Labute approximate surface area is 268 Å². The van der Waals surface area contributed by atoms with E-state index in [4.69, 9.17) is 16.2 Å². The second kappa shape index (κ2) is 14.7. The van der Waals surface area contributed by atoms with Crippen LogP contribution in [0.5, 0.6) is 0 Å². The Morgan fingerprint density at radius 2 is 1.54 bits per heavy atom. The first-order valence-electron chi connectivity index (χ1n) is 14.8. The van der Waals surface area contributed by atoms with Gasteiger partial charge in [0.05, 0.1) is 16.3 Å². The molecule has 0 bridgehead atoms. The van der Waals surface area contributed by atoms with Crippen LogP contribution in [-0.2, 0) is 14.3 Å². The first-order chi connectivity index (χ1) is 22.2. The predicted octanol–water partition coefficient (Wildman–Crippen LogP) is 3.79. The molecule has 46 heavy (non-hydrogen) atoms. The summed E-state index contributed by atoms with van der Waals surface area (Å²) in [5.41, 5.74) is 15.7. The number of guanidine groups is 1. The van der Waals surface area contributed by atoms with Crippen molar-refractivity contribution < 1.29 is 29.0 Å². The van der Waals surface area contributed by atoms with Crippen LogP contribution in [0.15, 0.2) is 77.8 Å². The van der Waals surface area contributed by atoms with E-state index in [2.05, 4.69) is 20.6 Å². The number of carboxylic acids is 1. The zero-order valence-corrected chi connectivity index (χ0v) is 25.7. The molecule has 0 radical (unpaired) electrons. The molecular formula is C33H34N6O6S. The molecule has 0 spiro atoms. The van der Waals surface area contributed by atoms with Crippen LogP contribution in [0, 0.1) is 0 Å². The van der Waals surface area contributed by atoms with E-state index in [1.54, 1.807) is 6.07 Å². The number of nitrogens with one attached hydrogen (secondary N) is 2. The molecule has 0 aliphatic heterocycles. The number of aromatic nitrogens is 1. The highest BCUT2D eigenvalue weighted by Gasteiger charge is 2.32. The average molecular weight is 643 g/mol. The number of fused-ring (bicyclic) bond motifs is 4. The van der Waals surface area contributed by atoms with Crippen molar-refractivity contribution in [3.63, 3.8) is 0 Å². The zero-order chi connectivity index (χ0) is 32.6. The number of carbonyl (C=O) groups is 4. The zero-order valence-electron chi connectivity index (χ0n) is 24.8. The van der Waals surface area contributed by atoms with Gasteiger partial charge >= 0.3 is 12.1 Å². The first kappa shape index (κ1) is 32.1. The summed E-state index contributed by atoms with van der Waals surface area (Å²) in [6, 6.07) is 20.7. The van der Waals surface area contributed by atoms with Crippen LogP contribution < -0.4 is 22.1 Å². The lowest BCUT2D eigenvalue weighted by Crippen LogP contribution is -2.52. The quantitative estimate of drug-likeness (QED) is 0.0588. The summed E-state index contributed by atoms with van der Waals surface area (Å²) < 4.78 is 6.41. The number of nitrogens with two attached hydrogens (primary N) is 2. The molecule has 7 N–H and O–H groups in total. The summed E-state index contributed by atoms with van der Waals surface area (Å²) in [6.07, 6.45) is -0.967. The smallest absolute Gasteiger partial charge is 0.407 e. The fourth-order valence-electron chi connectivity index (χ4n) is 5.49. The Balaban J connectivity index is 1.29. The van der Waals surface area contributed by atoms with Crippen LogP contribution in [0.3, 0.4) is 0 Å². The van der Waals surface area contributed by atoms with Crippen LogP contribution in [0.4, 0.5) is 4.79 Å². The Hall–Kier alpha value is -5.30. The van der Waals surface area contributed by atoms with Crippen LogP contribution in [0.1, 0.15) is 52.5 Å². The van der Waals surface area contributed by atoms with Crippen molar-refractivity contribution >= 4 is 51.3 Å². The highest BCUT2D eigenvalue weighted by molar-refractivity contribution is 7.20. The number of carbonyl (C=O) groups excluding carboxylic acids is 3. The predicted molar refractivity (Wildman–Crippen MR) is 175 cm³/mol. The van der Waals surface area contributed by atoms with Crippen LogP contribution >= 0.6 is 11.3 Å². The van der Waals surface area contributed by atoms with Crippen LogP contribution in [-0.4, -0.2) is 65.0 Å². The molecule has 5 rings (SSSR count). The number of ether oxygens (including phenoxy) is 1. The van der Waals surface area contributed by atoms with Gasteiger partial charge in [0.15, 0.2) is 11.0 Å². The second-order valence-electron chi connectivity index (χ2n) is 10.8. The molecule has 238 valence electrons. The van der Waals surface area contributed by atoms with Gasteiger partial charge in [-0.2, -0.15) is 0 Å². The van der Waals surface area contributed by atoms with E-state index in [1.165, 1.54) is 11.3 Å². The van der Waals surface area contributed by atoms with Crippen molar-refractivity contribution in [3.05, 3.63) is 88.9 Å². The Kier molecular flexibility index (Phi) is 10.2. The second-order valence-corrected chi connectivity index (χ2v) is 11.8. The van der Waals surface area contributed by atoms with Crippen molar-refractivity contribution in [3.8, 4) is 11.1 Å². The van der Waals surface area contributed by atoms with Crippen molar-refractivity contribution in [1.82, 2.24) is 15.6 Å². The molecule has 1 aliphatic rings. The van der Waals surface area contributed by atoms with Crippen molar-refractivity contribution in [2.45, 2.75) is 43.7 Å². The number of aliphatic imine (C=N–C) groups is 1. The molecule has 2 amide bonds. The lowest BCUT2D eigenvalue weighted by atomic mass is 9.98. The average Bonchev–Trinajstić information content (AvgIpc) is 3.62. The molecule has 13 heteroatoms. The lowest BCUT2D eigenvalue weighted by Gasteiger charge is -2.22. The van der Waals surface area contributed by atoms with Crippen molar-refractivity contribution in [2.24, 2.45) is 16.5 Å². The maximum atomic E-state index is 13.6. The van der Waals surface area contributed by atoms with E-state index in [0.29, 0.717) is 11.9 Å². The third kappa shape index (κ3) is 7.67. The summed E-state index contributed by atoms with van der Waals surface area (Å²) in [4.78, 5) is 59.9. The summed E-state index contributed by atoms with van der Waals surface area (Å²) in [7, 11) is 0. The Morgan fingerprint density at radius 3 is 2.20 bits per heavy atom. The molecule has 1 aliphatic carbocycles. The maximum Gasteiger partial charge on any atom is 0.407 e. The van der Waals surface area contributed by atoms with Gasteiger partial charge in [-0.25, -0.2) is 9.78 Å². The summed E-state index contributed by atoms with van der Waals surface area (Å²) >= 11 is 1.20. The number of amides is 2. The molecule has 0 saturated carbocycles. The number of ketones is 1. The number of aliphatic carboxylic acids is 1. The topological polar surface area (TPSA) is 199 Å². The van der Waals surface area contributed by atoms with Gasteiger partial charge in [0.2, 0.25) is 11.7 Å². The molecule has 4 aromatic rings. The summed E-state index contributed by atoms with van der Waals surface area (Å²) in [5, 5.41) is 14.7. The molecule has 12 nitrogen and oxygen atoms in total. The number of para-hydroxylation sites is 1. The number of hydrogen-bond acceptors (Lipinski definition) is 8. The normalized spacial score (nSPS) is 13.2. The van der Waals surface area contributed by atoms with Crippen molar-refractivity contribution in [1.29, 1.82) is 0 Å². The molecule has 0 fully saturated rings. The van der Waals surface area contributed by atoms with Gasteiger partial charge in [-0.1, -0.05) is 60.7 Å². The molecule has 3 aromatic carbocycles. The largest absolute Gasteiger partial charge is 0.481 e. The van der Waals surface area contributed by atoms with Gasteiger partial charge in [0, 0.05) is 18.9 Å². The number of hydrogen-bond donors (Lipinski definition) is 5. The first-order valence-corrected chi connectivity index (χ1v) is 15.6. The number of benzene rings is 3. The monoisotopic (exact) mass is 642 g/mol. The summed E-state index contributed by atoms with van der Waals surface area (Å²) in [5.74, 6) is -2.59. The molecule has 2 atom stereocenters. The van der Waals surface area contributed by atoms with Gasteiger partial charge in [0.1, 0.15) is 12.6 Å². The highest BCUT2D eigenvalue weighted by atomic mass is 32.1. The van der Waals surface area contributed by atoms with E-state index >= 15 is 0 Å². The Morgan fingerprint density at radius 1 is 0.891 bits per heavy atom. The van der Waals surface area contributed by atoms with Crippen LogP contribution in [0.25, 0.3) is 21.3 Å². The molecule has 1 heterocycles. The fraction of sp³-hybridized carbons (Fsp3) is 0.273. The lowest BCUT2D eigenvalue weighted by molar-refractivity contribution is -0.137. The number of alkyl carbamates (subject to hydrolysis) is 1. The van der Waals surface area contributed by atoms with Gasteiger partial charge < -0.3 is 31.9 Å². The van der Waals surface area contributed by atoms with Gasteiger partial charge in [-0.15, -0.1) is 11.3 Å². The number of nitrogens with zero attached hydrogens (tertiary/aromatic N) is 2. The van der Waals surface area contributed by atoms with E-state index in [-0.39, 0.29) is 42.9 Å². The van der Waals surface area contributed by atoms with Gasteiger partial charge in [-0.3, -0.25) is 19.4 Å². The SMILES string of the molecule is NC(N)=NCCC[C@H](NC(=O)[C@H](CCC(=O)O)NC(=O)OCC1c2ccccc2-c2ccccc21)C(=O)c1nc2ccccc2s1. The molecule has 0 saturated heterocycles. The number of rotatable bonds is 14. The molecule has 0 unspecified atom stereocenters. The third-order valence-corrected chi connectivity index (χ3v) is 8.73. The van der Waals surface area contributed by atoms with Crippen molar-refractivity contribution in [2.75, 3.05) is 13.2 Å². The highest BCUT2D eigenvalue weighted by Crippen LogP contribution is 2.44. The van der Waals surface area contributed by atoms with Gasteiger partial charge in [-0.05, 0) is 53.6 Å². The van der Waals surface area contributed by atoms with E-state index in [1.807, 2.05) is 66.7 Å². The number of carboxylic acid groups (broad SMARTS) is 1. The van der Waals surface area contributed by atoms with Gasteiger partial charge in [0.25, 0.3) is 0 Å². The Bertz CT molecular complexity index is 1710. The maximum absolute atomic E-state index is 13.6. The molecular weight excluding hydrogens is 608 g/mol. The van der Waals surface area contributed by atoms with E-state index < -0.39 is 42.3 Å². The molecule has 1 aromatic heterocycles. The van der Waals surface area contributed by atoms with Crippen LogP contribution in [0.2, 0.25) is 0 Å². The minimum atomic E-state index is -1.28. The van der Waals surface area contributed by atoms with E-state index in [0.717, 1.165) is 27.0 Å². The minimum absolute atomic E-state index is 0.0106. The standard InChI is InChI=1S/C33H34N6O6S/c34-32(35)36-17-7-13-25(29(42)31-38-24-12-5-6-14-27(24)46-31)37-30(43)26(15-16-28(40)41)39-33(44)45-18-23-21-10-3-1-8-19(21)20-9-2-4-11-22(20)23/h1-6,8-12,14,23,25-26H,7,13,15-18H2,(H,37,43)(H,39,44)(H,40,41)(H4,34,35,36)/t25-,26-/m0/s1. The number of Topliss-reactive ketones (excluding diaryl/α,β-unsaturated/α-hetero) is 1. The summed E-state index contributed by atoms with van der Waals surface area (Å²) in [6.45, 7) is 0.235. The number of thiazole rings is 1.